The molecule has 0 radical (unpaired) electrons. The zero-order valence-electron chi connectivity index (χ0n) is 12.3. The van der Waals surface area contributed by atoms with E-state index in [2.05, 4.69) is 0 Å². The molecule has 0 spiro atoms. The monoisotopic (exact) mass is 392 g/mol. The molecule has 0 atom stereocenters. The average molecular weight is 393 g/mol. The van der Waals surface area contributed by atoms with Crippen LogP contribution in [0, 0.1) is 0 Å². The van der Waals surface area contributed by atoms with Crippen molar-refractivity contribution in [2.75, 3.05) is 10.8 Å². The highest BCUT2D eigenvalue weighted by molar-refractivity contribution is 7.92. The average Bonchev–Trinajstić information content (AvgIpc) is 2.53. The molecule has 5 nitrogen and oxygen atoms in total. The van der Waals surface area contributed by atoms with E-state index in [0.29, 0.717) is 10.4 Å². The van der Waals surface area contributed by atoms with Crippen molar-refractivity contribution in [3.05, 3.63) is 59.1 Å². The lowest BCUT2D eigenvalue weighted by Gasteiger charge is -2.26. The Kier molecular flexibility index (Phi) is 5.28. The van der Waals surface area contributed by atoms with Gasteiger partial charge in [-0.05, 0) is 30.3 Å². The molecule has 0 bridgehead atoms. The number of alkyl halides is 3. The molecule has 2 aromatic rings. The van der Waals surface area contributed by atoms with Crippen molar-refractivity contribution >= 4 is 33.3 Å². The van der Waals surface area contributed by atoms with Crippen molar-refractivity contribution in [2.24, 2.45) is 0 Å². The van der Waals surface area contributed by atoms with E-state index in [1.165, 1.54) is 30.3 Å². The number of carbonyl (C=O) groups excluding carboxylic acids is 1. The summed E-state index contributed by atoms with van der Waals surface area (Å²) >= 11 is 5.51. The minimum atomic E-state index is -4.84. The van der Waals surface area contributed by atoms with Crippen molar-refractivity contribution in [3.8, 4) is 0 Å². The Morgan fingerprint density at radius 2 is 1.72 bits per heavy atom. The summed E-state index contributed by atoms with van der Waals surface area (Å²) in [5, 5.41) is 10.3. The third-order valence-electron chi connectivity index (χ3n) is 3.15. The summed E-state index contributed by atoms with van der Waals surface area (Å²) in [4.78, 5) is 10.7. The minimum absolute atomic E-state index is 0.278. The van der Waals surface area contributed by atoms with Crippen LogP contribution in [-0.2, 0) is 21.0 Å². The molecule has 134 valence electrons. The molecular formula is C15H10ClF3NO4S-. The zero-order chi connectivity index (χ0) is 18.8. The lowest BCUT2D eigenvalue weighted by Crippen LogP contribution is -2.41. The summed E-state index contributed by atoms with van der Waals surface area (Å²) in [7, 11) is -4.42. The predicted octanol–water partition coefficient (Wildman–Crippen LogP) is 2.30. The molecule has 0 aliphatic rings. The van der Waals surface area contributed by atoms with Gasteiger partial charge in [0.25, 0.3) is 10.0 Å². The topological polar surface area (TPSA) is 77.5 Å². The van der Waals surface area contributed by atoms with Gasteiger partial charge in [-0.25, -0.2) is 8.42 Å². The number of halogens is 4. The van der Waals surface area contributed by atoms with Crippen LogP contribution in [0.2, 0.25) is 5.02 Å². The Morgan fingerprint density at radius 1 is 1.12 bits per heavy atom. The van der Waals surface area contributed by atoms with Gasteiger partial charge in [0, 0.05) is 0 Å². The number of sulfonamides is 1. The minimum Gasteiger partial charge on any atom is -0.548 e. The number of hydrogen-bond acceptors (Lipinski definition) is 4. The molecular weight excluding hydrogens is 383 g/mol. The standard InChI is InChI=1S/C15H11ClF3NO4S/c16-13-7-6-10(8-12(13)15(17,18)19)20(9-14(21)22)25(23,24)11-4-2-1-3-5-11/h1-8H,9H2,(H,21,22)/p-1. The maximum Gasteiger partial charge on any atom is 0.417 e. The molecule has 0 unspecified atom stereocenters. The fourth-order valence-electron chi connectivity index (χ4n) is 2.04. The van der Waals surface area contributed by atoms with E-state index in [-0.39, 0.29) is 4.90 Å². The Bertz CT molecular complexity index is 885. The van der Waals surface area contributed by atoms with Crippen molar-refractivity contribution in [3.63, 3.8) is 0 Å². The van der Waals surface area contributed by atoms with Crippen LogP contribution in [0.15, 0.2) is 53.4 Å². The molecule has 0 N–H and O–H groups in total. The van der Waals surface area contributed by atoms with Crippen molar-refractivity contribution < 1.29 is 31.5 Å². The van der Waals surface area contributed by atoms with E-state index in [1.54, 1.807) is 0 Å². The van der Waals surface area contributed by atoms with E-state index in [4.69, 9.17) is 11.6 Å². The molecule has 0 amide bonds. The molecule has 0 saturated carbocycles. The fourth-order valence-corrected chi connectivity index (χ4v) is 3.68. The summed E-state index contributed by atoms with van der Waals surface area (Å²) in [6, 6.07) is 9.03. The Hall–Kier alpha value is -2.26. The summed E-state index contributed by atoms with van der Waals surface area (Å²) < 4.78 is 64.6. The second-order valence-electron chi connectivity index (χ2n) is 4.86. The molecule has 0 fully saturated rings. The van der Waals surface area contributed by atoms with Crippen LogP contribution in [0.3, 0.4) is 0 Å². The fraction of sp³-hybridized carbons (Fsp3) is 0.133. The number of carboxylic acids is 1. The van der Waals surface area contributed by atoms with Gasteiger partial charge in [-0.3, -0.25) is 4.31 Å². The van der Waals surface area contributed by atoms with E-state index in [9.17, 15) is 31.5 Å². The number of nitrogens with zero attached hydrogens (tertiary/aromatic N) is 1. The van der Waals surface area contributed by atoms with E-state index in [0.717, 1.165) is 12.1 Å². The van der Waals surface area contributed by atoms with Gasteiger partial charge < -0.3 is 9.90 Å². The third-order valence-corrected chi connectivity index (χ3v) is 5.26. The van der Waals surface area contributed by atoms with Gasteiger partial charge in [-0.15, -0.1) is 0 Å². The largest absolute Gasteiger partial charge is 0.548 e. The van der Waals surface area contributed by atoms with Crippen LogP contribution in [0.4, 0.5) is 18.9 Å². The number of carbonyl (C=O) groups is 1. The lowest BCUT2D eigenvalue weighted by molar-refractivity contribution is -0.303. The second kappa shape index (κ2) is 6.93. The van der Waals surface area contributed by atoms with E-state index in [1.807, 2.05) is 0 Å². The molecule has 2 aromatic carbocycles. The Morgan fingerprint density at radius 3 is 2.24 bits per heavy atom. The van der Waals surface area contributed by atoms with Crippen LogP contribution in [-0.4, -0.2) is 20.9 Å². The van der Waals surface area contributed by atoms with Gasteiger partial charge in [-0.1, -0.05) is 29.8 Å². The maximum absolute atomic E-state index is 13.0. The molecule has 0 aliphatic heterocycles. The summed E-state index contributed by atoms with van der Waals surface area (Å²) in [5.41, 5.74) is -1.77. The van der Waals surface area contributed by atoms with Gasteiger partial charge in [0.1, 0.15) is 0 Å². The van der Waals surface area contributed by atoms with Crippen molar-refractivity contribution in [1.82, 2.24) is 0 Å². The Balaban J connectivity index is 2.62. The van der Waals surface area contributed by atoms with Crippen LogP contribution < -0.4 is 9.41 Å². The Labute approximate surface area is 146 Å². The number of aliphatic carboxylic acids is 1. The first kappa shape index (κ1) is 19.1. The third kappa shape index (κ3) is 4.23. The molecule has 0 aliphatic carbocycles. The van der Waals surface area contributed by atoms with Gasteiger partial charge in [0.15, 0.2) is 0 Å². The van der Waals surface area contributed by atoms with Crippen LogP contribution in [0.5, 0.6) is 0 Å². The number of benzene rings is 2. The number of anilines is 1. The zero-order valence-corrected chi connectivity index (χ0v) is 13.9. The summed E-state index contributed by atoms with van der Waals surface area (Å²) in [6.07, 6.45) is -4.84. The van der Waals surface area contributed by atoms with Crippen molar-refractivity contribution in [1.29, 1.82) is 0 Å². The van der Waals surface area contributed by atoms with Crippen molar-refractivity contribution in [2.45, 2.75) is 11.1 Å². The van der Waals surface area contributed by atoms with Gasteiger partial charge in [0.2, 0.25) is 0 Å². The lowest BCUT2D eigenvalue weighted by atomic mass is 10.2. The number of rotatable bonds is 5. The SMILES string of the molecule is O=C([O-])CN(c1ccc(Cl)c(C(F)(F)F)c1)S(=O)(=O)c1ccccc1. The highest BCUT2D eigenvalue weighted by Crippen LogP contribution is 2.37. The smallest absolute Gasteiger partial charge is 0.417 e. The van der Waals surface area contributed by atoms with E-state index >= 15 is 0 Å². The van der Waals surface area contributed by atoms with Crippen LogP contribution >= 0.6 is 11.6 Å². The summed E-state index contributed by atoms with van der Waals surface area (Å²) in [5.74, 6) is -1.77. The van der Waals surface area contributed by atoms with Crippen LogP contribution in [0.25, 0.3) is 0 Å². The summed E-state index contributed by atoms with van der Waals surface area (Å²) in [6.45, 7) is -1.16. The first-order valence-corrected chi connectivity index (χ1v) is 8.49. The molecule has 0 heterocycles. The van der Waals surface area contributed by atoms with Gasteiger partial charge in [-0.2, -0.15) is 13.2 Å². The van der Waals surface area contributed by atoms with Gasteiger partial charge in [0.05, 0.1) is 33.7 Å². The van der Waals surface area contributed by atoms with Gasteiger partial charge >= 0.3 is 6.18 Å². The molecule has 0 aromatic heterocycles. The number of carboxylic acid groups (broad SMARTS) is 1. The highest BCUT2D eigenvalue weighted by atomic mass is 35.5. The van der Waals surface area contributed by atoms with E-state index < -0.39 is 45.0 Å². The first-order valence-electron chi connectivity index (χ1n) is 6.68. The predicted molar refractivity (Wildman–Crippen MR) is 82.4 cm³/mol. The first-order chi connectivity index (χ1) is 11.5. The molecule has 25 heavy (non-hydrogen) atoms. The molecule has 10 heteroatoms. The molecule has 2 rings (SSSR count). The number of hydrogen-bond donors (Lipinski definition) is 0. The molecule has 0 saturated heterocycles. The quantitative estimate of drug-likeness (QED) is 0.782. The normalized spacial score (nSPS) is 12.0. The highest BCUT2D eigenvalue weighted by Gasteiger charge is 2.35. The second-order valence-corrected chi connectivity index (χ2v) is 7.13. The maximum atomic E-state index is 13.0. The van der Waals surface area contributed by atoms with Crippen LogP contribution in [0.1, 0.15) is 5.56 Å².